The number of amides is 1. The Kier molecular flexibility index (Phi) is 5.53. The fourth-order valence-electron chi connectivity index (χ4n) is 1.61. The average molecular weight is 235 g/mol. The summed E-state index contributed by atoms with van der Waals surface area (Å²) in [6.45, 7) is 5.75. The molecule has 1 aromatic carbocycles. The molecule has 1 rings (SSSR count). The minimum absolute atomic E-state index is 0.0794. The Morgan fingerprint density at radius 3 is 2.47 bits per heavy atom. The summed E-state index contributed by atoms with van der Waals surface area (Å²) in [7, 11) is 0. The highest BCUT2D eigenvalue weighted by Gasteiger charge is 2.12. The molecule has 3 nitrogen and oxygen atoms in total. The molecular weight excluding hydrogens is 214 g/mol. The summed E-state index contributed by atoms with van der Waals surface area (Å²) >= 11 is 0. The van der Waals surface area contributed by atoms with Crippen molar-refractivity contribution in [1.29, 1.82) is 0 Å². The summed E-state index contributed by atoms with van der Waals surface area (Å²) in [5.74, 6) is 0. The Bertz CT molecular complexity index is 335. The highest BCUT2D eigenvalue weighted by atomic mass is 16.6. The first-order valence-electron chi connectivity index (χ1n) is 6.13. The first-order valence-corrected chi connectivity index (χ1v) is 6.13. The summed E-state index contributed by atoms with van der Waals surface area (Å²) in [6.07, 6.45) is 1.32. The lowest BCUT2D eigenvalue weighted by molar-refractivity contribution is 0.112. The number of benzene rings is 1. The van der Waals surface area contributed by atoms with Gasteiger partial charge in [-0.05, 0) is 32.3 Å². The zero-order valence-corrected chi connectivity index (χ0v) is 10.8. The van der Waals surface area contributed by atoms with Crippen molar-refractivity contribution in [1.82, 2.24) is 5.32 Å². The van der Waals surface area contributed by atoms with Crippen LogP contribution in [-0.4, -0.2) is 18.2 Å². The van der Waals surface area contributed by atoms with E-state index in [1.54, 1.807) is 0 Å². The van der Waals surface area contributed by atoms with Gasteiger partial charge >= 0.3 is 6.09 Å². The molecule has 1 amide bonds. The number of rotatable bonds is 5. The van der Waals surface area contributed by atoms with Gasteiger partial charge < -0.3 is 10.1 Å². The zero-order valence-electron chi connectivity index (χ0n) is 10.8. The van der Waals surface area contributed by atoms with E-state index in [0.717, 1.165) is 12.8 Å². The summed E-state index contributed by atoms with van der Waals surface area (Å²) in [6, 6.07) is 10.3. The predicted molar refractivity (Wildman–Crippen MR) is 69.0 cm³/mol. The van der Waals surface area contributed by atoms with Gasteiger partial charge in [0.25, 0.3) is 0 Å². The first-order chi connectivity index (χ1) is 8.11. The van der Waals surface area contributed by atoms with Crippen LogP contribution >= 0.6 is 0 Å². The van der Waals surface area contributed by atoms with Crippen LogP contribution in [-0.2, 0) is 11.2 Å². The Labute approximate surface area is 103 Å². The molecule has 1 aromatic rings. The van der Waals surface area contributed by atoms with E-state index >= 15 is 0 Å². The summed E-state index contributed by atoms with van der Waals surface area (Å²) in [4.78, 5) is 11.5. The number of carbonyl (C=O) groups excluding carboxylic acids is 1. The van der Waals surface area contributed by atoms with Crippen molar-refractivity contribution in [3.05, 3.63) is 35.9 Å². The molecule has 0 aliphatic heterocycles. The fourth-order valence-corrected chi connectivity index (χ4v) is 1.61. The molecule has 0 saturated heterocycles. The molecule has 0 spiro atoms. The van der Waals surface area contributed by atoms with E-state index in [9.17, 15) is 4.79 Å². The first kappa shape index (κ1) is 13.6. The number of hydrogen-bond donors (Lipinski definition) is 1. The number of nitrogens with one attached hydrogen (secondary N) is 1. The van der Waals surface area contributed by atoms with Crippen LogP contribution in [0.5, 0.6) is 0 Å². The quantitative estimate of drug-likeness (QED) is 0.851. The number of alkyl carbamates (subject to hydrolysis) is 1. The van der Waals surface area contributed by atoms with Crippen LogP contribution in [0, 0.1) is 0 Å². The van der Waals surface area contributed by atoms with Gasteiger partial charge in [-0.1, -0.05) is 37.3 Å². The van der Waals surface area contributed by atoms with E-state index in [1.165, 1.54) is 5.56 Å². The molecule has 0 aliphatic carbocycles. The van der Waals surface area contributed by atoms with Crippen LogP contribution in [0.4, 0.5) is 4.79 Å². The van der Waals surface area contributed by atoms with Gasteiger partial charge in [0.1, 0.15) is 0 Å². The van der Waals surface area contributed by atoms with Crippen molar-refractivity contribution in [2.45, 2.75) is 45.8 Å². The third kappa shape index (κ3) is 5.38. The fraction of sp³-hybridized carbons (Fsp3) is 0.500. The third-order valence-electron chi connectivity index (χ3n) is 2.48. The zero-order chi connectivity index (χ0) is 12.7. The molecule has 0 fully saturated rings. The number of hydrogen-bond acceptors (Lipinski definition) is 2. The van der Waals surface area contributed by atoms with E-state index in [4.69, 9.17) is 4.74 Å². The monoisotopic (exact) mass is 235 g/mol. The van der Waals surface area contributed by atoms with Crippen LogP contribution in [0.25, 0.3) is 0 Å². The van der Waals surface area contributed by atoms with Crippen molar-refractivity contribution in [3.8, 4) is 0 Å². The molecule has 0 aliphatic rings. The molecular formula is C14H21NO2. The van der Waals surface area contributed by atoms with Crippen molar-refractivity contribution in [3.63, 3.8) is 0 Å². The third-order valence-corrected chi connectivity index (χ3v) is 2.48. The molecule has 0 saturated carbocycles. The lowest BCUT2D eigenvalue weighted by atomic mass is 10.0. The largest absolute Gasteiger partial charge is 0.447 e. The van der Waals surface area contributed by atoms with Crippen LogP contribution < -0.4 is 5.32 Å². The van der Waals surface area contributed by atoms with Gasteiger partial charge in [-0.2, -0.15) is 0 Å². The number of carbonyl (C=O) groups is 1. The van der Waals surface area contributed by atoms with Gasteiger partial charge in [-0.25, -0.2) is 4.79 Å². The number of ether oxygens (including phenoxy) is 1. The summed E-state index contributed by atoms with van der Waals surface area (Å²) < 4.78 is 5.07. The molecule has 1 atom stereocenters. The lowest BCUT2D eigenvalue weighted by Crippen LogP contribution is -2.37. The van der Waals surface area contributed by atoms with Gasteiger partial charge in [0.2, 0.25) is 0 Å². The maximum Gasteiger partial charge on any atom is 0.407 e. The van der Waals surface area contributed by atoms with E-state index in [0.29, 0.717) is 0 Å². The Morgan fingerprint density at radius 1 is 1.29 bits per heavy atom. The topological polar surface area (TPSA) is 38.3 Å². The maximum atomic E-state index is 11.5. The van der Waals surface area contributed by atoms with Gasteiger partial charge in [0.15, 0.2) is 0 Å². The molecule has 1 N–H and O–H groups in total. The predicted octanol–water partition coefficient (Wildman–Crippen LogP) is 3.14. The van der Waals surface area contributed by atoms with Crippen molar-refractivity contribution in [2.24, 2.45) is 0 Å². The van der Waals surface area contributed by atoms with E-state index in [2.05, 4.69) is 24.4 Å². The molecule has 1 unspecified atom stereocenters. The molecule has 0 aromatic heterocycles. The van der Waals surface area contributed by atoms with E-state index in [-0.39, 0.29) is 18.2 Å². The summed E-state index contributed by atoms with van der Waals surface area (Å²) in [5, 5.41) is 2.89. The Morgan fingerprint density at radius 2 is 1.94 bits per heavy atom. The van der Waals surface area contributed by atoms with Crippen LogP contribution in [0.15, 0.2) is 30.3 Å². The highest BCUT2D eigenvalue weighted by molar-refractivity contribution is 5.67. The molecule has 17 heavy (non-hydrogen) atoms. The van der Waals surface area contributed by atoms with E-state index in [1.807, 2.05) is 32.0 Å². The van der Waals surface area contributed by atoms with Crippen molar-refractivity contribution in [2.75, 3.05) is 0 Å². The Hall–Kier alpha value is -1.51. The standard InChI is InChI=1S/C14H21NO2/c1-4-13(15-14(16)17-11(2)3)10-12-8-6-5-7-9-12/h5-9,11,13H,4,10H2,1-3H3,(H,15,16). The second-order valence-electron chi connectivity index (χ2n) is 4.39. The molecule has 0 heterocycles. The van der Waals surface area contributed by atoms with Gasteiger partial charge in [0, 0.05) is 6.04 Å². The minimum Gasteiger partial charge on any atom is -0.447 e. The SMILES string of the molecule is CCC(Cc1ccccc1)NC(=O)OC(C)C. The second-order valence-corrected chi connectivity index (χ2v) is 4.39. The van der Waals surface area contributed by atoms with E-state index < -0.39 is 0 Å². The van der Waals surface area contributed by atoms with Gasteiger partial charge in [-0.15, -0.1) is 0 Å². The molecule has 3 heteroatoms. The van der Waals surface area contributed by atoms with Crippen molar-refractivity contribution >= 4 is 6.09 Å². The molecule has 0 bridgehead atoms. The van der Waals surface area contributed by atoms with Crippen molar-refractivity contribution < 1.29 is 9.53 Å². The lowest BCUT2D eigenvalue weighted by Gasteiger charge is -2.18. The van der Waals surface area contributed by atoms with Gasteiger partial charge in [0.05, 0.1) is 6.10 Å². The van der Waals surface area contributed by atoms with Crippen LogP contribution in [0.1, 0.15) is 32.8 Å². The molecule has 0 radical (unpaired) electrons. The summed E-state index contributed by atoms with van der Waals surface area (Å²) in [5.41, 5.74) is 1.23. The molecule has 94 valence electrons. The van der Waals surface area contributed by atoms with Crippen LogP contribution in [0.2, 0.25) is 0 Å². The smallest absolute Gasteiger partial charge is 0.407 e. The minimum atomic E-state index is -0.331. The van der Waals surface area contributed by atoms with Crippen LogP contribution in [0.3, 0.4) is 0 Å². The maximum absolute atomic E-state index is 11.5. The normalized spacial score (nSPS) is 12.2. The average Bonchev–Trinajstić information content (AvgIpc) is 2.28. The Balaban J connectivity index is 2.46. The second kappa shape index (κ2) is 6.94. The van der Waals surface area contributed by atoms with Gasteiger partial charge in [-0.3, -0.25) is 0 Å². The highest BCUT2D eigenvalue weighted by Crippen LogP contribution is 2.06.